The fourth-order valence-corrected chi connectivity index (χ4v) is 2.03. The molecule has 0 spiro atoms. The number of ether oxygens (including phenoxy) is 1. The Morgan fingerprint density at radius 2 is 1.78 bits per heavy atom. The first-order chi connectivity index (χ1) is 8.78. The molecule has 18 heavy (non-hydrogen) atoms. The third kappa shape index (κ3) is 3.86. The summed E-state index contributed by atoms with van der Waals surface area (Å²) >= 11 is 3.43. The molecule has 2 rings (SSSR count). The van der Waals surface area contributed by atoms with Gasteiger partial charge in [0, 0.05) is 11.0 Å². The van der Waals surface area contributed by atoms with Crippen LogP contribution in [0.25, 0.3) is 0 Å². The molecule has 0 unspecified atom stereocenters. The molecule has 1 N–H and O–H groups in total. The molecular weight excluding hydrogens is 290 g/mol. The Kier molecular flexibility index (Phi) is 4.79. The SMILES string of the molecule is CCNCc1cccc(Oc2cccc(Br)c2)c1. The average Bonchev–Trinajstić information content (AvgIpc) is 2.37. The highest BCUT2D eigenvalue weighted by Crippen LogP contribution is 2.24. The minimum Gasteiger partial charge on any atom is -0.457 e. The predicted molar refractivity (Wildman–Crippen MR) is 78.0 cm³/mol. The number of halogens is 1. The first kappa shape index (κ1) is 13.1. The Bertz CT molecular complexity index is 513. The molecule has 0 saturated carbocycles. The summed E-state index contributed by atoms with van der Waals surface area (Å²) in [7, 11) is 0. The van der Waals surface area contributed by atoms with Crippen molar-refractivity contribution in [2.24, 2.45) is 0 Å². The first-order valence-electron chi connectivity index (χ1n) is 6.01. The third-order valence-electron chi connectivity index (χ3n) is 2.51. The lowest BCUT2D eigenvalue weighted by molar-refractivity contribution is 0.481. The summed E-state index contributed by atoms with van der Waals surface area (Å²) < 4.78 is 6.84. The molecule has 0 saturated heterocycles. The molecule has 0 fully saturated rings. The summed E-state index contributed by atoms with van der Waals surface area (Å²) in [6.45, 7) is 3.94. The highest BCUT2D eigenvalue weighted by atomic mass is 79.9. The second-order valence-corrected chi connectivity index (χ2v) is 4.90. The topological polar surface area (TPSA) is 21.3 Å². The lowest BCUT2D eigenvalue weighted by Gasteiger charge is -2.08. The highest BCUT2D eigenvalue weighted by Gasteiger charge is 1.99. The van der Waals surface area contributed by atoms with Crippen molar-refractivity contribution in [3.8, 4) is 11.5 Å². The molecule has 0 amide bonds. The van der Waals surface area contributed by atoms with E-state index >= 15 is 0 Å². The Labute approximate surface area is 116 Å². The monoisotopic (exact) mass is 305 g/mol. The third-order valence-corrected chi connectivity index (χ3v) is 3.00. The van der Waals surface area contributed by atoms with Crippen LogP contribution in [-0.4, -0.2) is 6.54 Å². The Morgan fingerprint density at radius 1 is 1.06 bits per heavy atom. The highest BCUT2D eigenvalue weighted by molar-refractivity contribution is 9.10. The van der Waals surface area contributed by atoms with E-state index in [9.17, 15) is 0 Å². The molecule has 0 heterocycles. The summed E-state index contributed by atoms with van der Waals surface area (Å²) in [5.41, 5.74) is 1.23. The van der Waals surface area contributed by atoms with Gasteiger partial charge in [-0.15, -0.1) is 0 Å². The largest absolute Gasteiger partial charge is 0.457 e. The van der Waals surface area contributed by atoms with Crippen LogP contribution in [0.1, 0.15) is 12.5 Å². The minimum absolute atomic E-state index is 0.838. The maximum absolute atomic E-state index is 5.82. The van der Waals surface area contributed by atoms with E-state index in [0.29, 0.717) is 0 Å². The number of benzene rings is 2. The van der Waals surface area contributed by atoms with Gasteiger partial charge in [-0.1, -0.05) is 41.1 Å². The standard InChI is InChI=1S/C15H16BrNO/c1-2-17-11-12-5-3-7-14(9-12)18-15-8-4-6-13(16)10-15/h3-10,17H,2,11H2,1H3. The summed E-state index contributed by atoms with van der Waals surface area (Å²) in [5, 5.41) is 3.30. The zero-order valence-corrected chi connectivity index (χ0v) is 11.9. The quantitative estimate of drug-likeness (QED) is 0.886. The van der Waals surface area contributed by atoms with E-state index in [0.717, 1.165) is 29.1 Å². The van der Waals surface area contributed by atoms with E-state index in [2.05, 4.69) is 40.3 Å². The van der Waals surface area contributed by atoms with Gasteiger partial charge < -0.3 is 10.1 Å². The van der Waals surface area contributed by atoms with Gasteiger partial charge in [0.2, 0.25) is 0 Å². The van der Waals surface area contributed by atoms with Crippen LogP contribution in [0.2, 0.25) is 0 Å². The maximum Gasteiger partial charge on any atom is 0.128 e. The molecule has 0 aliphatic heterocycles. The van der Waals surface area contributed by atoms with Crippen LogP contribution < -0.4 is 10.1 Å². The van der Waals surface area contributed by atoms with Crippen molar-refractivity contribution >= 4 is 15.9 Å². The van der Waals surface area contributed by atoms with Crippen LogP contribution in [-0.2, 0) is 6.54 Å². The van der Waals surface area contributed by atoms with E-state index in [-0.39, 0.29) is 0 Å². The molecule has 0 atom stereocenters. The second kappa shape index (κ2) is 6.57. The Balaban J connectivity index is 2.09. The van der Waals surface area contributed by atoms with E-state index in [1.165, 1.54) is 5.56 Å². The lowest BCUT2D eigenvalue weighted by Crippen LogP contribution is -2.11. The van der Waals surface area contributed by atoms with Gasteiger partial charge in [-0.25, -0.2) is 0 Å². The van der Waals surface area contributed by atoms with Gasteiger partial charge in [0.25, 0.3) is 0 Å². The van der Waals surface area contributed by atoms with Gasteiger partial charge >= 0.3 is 0 Å². The van der Waals surface area contributed by atoms with Crippen molar-refractivity contribution in [1.82, 2.24) is 5.32 Å². The van der Waals surface area contributed by atoms with Crippen molar-refractivity contribution in [3.63, 3.8) is 0 Å². The molecule has 2 aromatic carbocycles. The maximum atomic E-state index is 5.82. The second-order valence-electron chi connectivity index (χ2n) is 3.99. The summed E-state index contributed by atoms with van der Waals surface area (Å²) in [6.07, 6.45) is 0. The molecule has 2 nitrogen and oxygen atoms in total. The van der Waals surface area contributed by atoms with Crippen molar-refractivity contribution in [1.29, 1.82) is 0 Å². The van der Waals surface area contributed by atoms with E-state index in [1.807, 2.05) is 36.4 Å². The molecule has 0 aliphatic rings. The van der Waals surface area contributed by atoms with Crippen LogP contribution in [0.5, 0.6) is 11.5 Å². The van der Waals surface area contributed by atoms with Gasteiger partial charge in [-0.3, -0.25) is 0 Å². The number of nitrogens with one attached hydrogen (secondary N) is 1. The number of rotatable bonds is 5. The van der Waals surface area contributed by atoms with Gasteiger partial charge in [0.05, 0.1) is 0 Å². The summed E-state index contributed by atoms with van der Waals surface area (Å²) in [6, 6.07) is 16.0. The zero-order valence-electron chi connectivity index (χ0n) is 10.3. The van der Waals surface area contributed by atoms with E-state index < -0.39 is 0 Å². The van der Waals surface area contributed by atoms with Gasteiger partial charge in [-0.2, -0.15) is 0 Å². The zero-order chi connectivity index (χ0) is 12.8. The molecule has 0 bridgehead atoms. The Morgan fingerprint density at radius 3 is 2.50 bits per heavy atom. The Hall–Kier alpha value is -1.32. The number of hydrogen-bond donors (Lipinski definition) is 1. The fourth-order valence-electron chi connectivity index (χ4n) is 1.65. The predicted octanol–water partition coefficient (Wildman–Crippen LogP) is 4.35. The molecule has 0 radical (unpaired) electrons. The van der Waals surface area contributed by atoms with Crippen molar-refractivity contribution in [2.45, 2.75) is 13.5 Å². The molecule has 0 aromatic heterocycles. The first-order valence-corrected chi connectivity index (χ1v) is 6.80. The minimum atomic E-state index is 0.838. The molecule has 94 valence electrons. The normalized spacial score (nSPS) is 10.3. The molecular formula is C15H16BrNO. The van der Waals surface area contributed by atoms with Crippen molar-refractivity contribution in [2.75, 3.05) is 6.54 Å². The van der Waals surface area contributed by atoms with Crippen LogP contribution in [0.3, 0.4) is 0 Å². The van der Waals surface area contributed by atoms with E-state index in [1.54, 1.807) is 0 Å². The van der Waals surface area contributed by atoms with Crippen LogP contribution in [0, 0.1) is 0 Å². The van der Waals surface area contributed by atoms with Crippen LogP contribution in [0.15, 0.2) is 53.0 Å². The van der Waals surface area contributed by atoms with E-state index in [4.69, 9.17) is 4.74 Å². The average molecular weight is 306 g/mol. The fraction of sp³-hybridized carbons (Fsp3) is 0.200. The van der Waals surface area contributed by atoms with Crippen molar-refractivity contribution < 1.29 is 4.74 Å². The molecule has 3 heteroatoms. The smallest absolute Gasteiger partial charge is 0.128 e. The van der Waals surface area contributed by atoms with Crippen LogP contribution in [0.4, 0.5) is 0 Å². The summed E-state index contributed by atoms with van der Waals surface area (Å²) in [5.74, 6) is 1.70. The summed E-state index contributed by atoms with van der Waals surface area (Å²) in [4.78, 5) is 0. The number of hydrogen-bond acceptors (Lipinski definition) is 2. The van der Waals surface area contributed by atoms with Gasteiger partial charge in [0.15, 0.2) is 0 Å². The van der Waals surface area contributed by atoms with Crippen molar-refractivity contribution in [3.05, 3.63) is 58.6 Å². The van der Waals surface area contributed by atoms with Gasteiger partial charge in [-0.05, 0) is 42.4 Å². The lowest BCUT2D eigenvalue weighted by atomic mass is 10.2. The molecule has 0 aliphatic carbocycles. The van der Waals surface area contributed by atoms with Crippen LogP contribution >= 0.6 is 15.9 Å². The molecule has 2 aromatic rings. The van der Waals surface area contributed by atoms with Gasteiger partial charge in [0.1, 0.15) is 11.5 Å².